The molecule has 0 atom stereocenters. The average Bonchev–Trinajstić information content (AvgIpc) is 2.40. The molecule has 2 rings (SSSR count). The minimum atomic E-state index is -1.25. The Morgan fingerprint density at radius 2 is 2.05 bits per heavy atom. The lowest BCUT2D eigenvalue weighted by molar-refractivity contribution is -0.385. The highest BCUT2D eigenvalue weighted by molar-refractivity contribution is 5.87. The summed E-state index contributed by atoms with van der Waals surface area (Å²) in [7, 11) is 0. The third-order valence-corrected chi connectivity index (χ3v) is 2.82. The first-order chi connectivity index (χ1) is 9.88. The summed E-state index contributed by atoms with van der Waals surface area (Å²) in [6.07, 6.45) is 1.19. The van der Waals surface area contributed by atoms with Crippen LogP contribution in [-0.4, -0.2) is 20.6 Å². The van der Waals surface area contributed by atoms with Gasteiger partial charge in [-0.3, -0.25) is 14.9 Å². The van der Waals surface area contributed by atoms with Crippen molar-refractivity contribution < 1.29 is 19.2 Å². The van der Waals surface area contributed by atoms with E-state index in [1.165, 1.54) is 12.3 Å². The minimum absolute atomic E-state index is 0.0187. The first-order valence-corrected chi connectivity index (χ1v) is 5.75. The highest BCUT2D eigenvalue weighted by Gasteiger charge is 2.15. The van der Waals surface area contributed by atoms with Crippen LogP contribution in [0.3, 0.4) is 0 Å². The number of rotatable bonds is 4. The van der Waals surface area contributed by atoms with Crippen molar-refractivity contribution in [1.29, 1.82) is 0 Å². The van der Waals surface area contributed by atoms with Gasteiger partial charge in [-0.15, -0.1) is 0 Å². The summed E-state index contributed by atoms with van der Waals surface area (Å²) in [5.41, 5.74) is -1.13. The molecule has 0 aliphatic heterocycles. The number of halogens is 1. The maximum atomic E-state index is 13.2. The standard InChI is InChI=1S/C13H9FN2O5/c14-10-1-2-11(16(20)21)9(5-10)7-15-4-3-8(13(18)19)6-12(15)17/h1-6H,7H2,(H,18,19). The number of carboxylic acids is 1. The van der Waals surface area contributed by atoms with E-state index in [-0.39, 0.29) is 23.4 Å². The molecule has 0 aliphatic rings. The molecule has 2 aromatic rings. The van der Waals surface area contributed by atoms with Gasteiger partial charge in [-0.1, -0.05) is 0 Å². The lowest BCUT2D eigenvalue weighted by atomic mass is 10.1. The molecule has 108 valence electrons. The largest absolute Gasteiger partial charge is 0.478 e. The average molecular weight is 292 g/mol. The van der Waals surface area contributed by atoms with Crippen LogP contribution in [0.4, 0.5) is 10.1 Å². The fourth-order valence-electron chi connectivity index (χ4n) is 1.81. The molecule has 0 fully saturated rings. The number of aromatic carboxylic acids is 1. The lowest BCUT2D eigenvalue weighted by Crippen LogP contribution is -2.21. The number of carbonyl (C=O) groups is 1. The Balaban J connectivity index is 2.43. The highest BCUT2D eigenvalue weighted by Crippen LogP contribution is 2.20. The molecule has 1 aromatic heterocycles. The SMILES string of the molecule is O=C(O)c1ccn(Cc2cc(F)ccc2[N+](=O)[O-])c(=O)c1. The van der Waals surface area contributed by atoms with E-state index in [1.807, 2.05) is 0 Å². The Morgan fingerprint density at radius 1 is 1.33 bits per heavy atom. The summed E-state index contributed by atoms with van der Waals surface area (Å²) in [6, 6.07) is 5.03. The Bertz CT molecular complexity index is 784. The Labute approximate surface area is 117 Å². The molecule has 7 nitrogen and oxygen atoms in total. The molecular weight excluding hydrogens is 283 g/mol. The molecule has 1 heterocycles. The first kappa shape index (κ1) is 14.4. The third kappa shape index (κ3) is 3.11. The maximum Gasteiger partial charge on any atom is 0.335 e. The van der Waals surface area contributed by atoms with Crippen LogP contribution in [0.15, 0.2) is 41.3 Å². The van der Waals surface area contributed by atoms with Gasteiger partial charge in [0.1, 0.15) is 5.82 Å². The van der Waals surface area contributed by atoms with Crippen LogP contribution in [-0.2, 0) is 6.54 Å². The monoisotopic (exact) mass is 292 g/mol. The molecule has 1 aromatic carbocycles. The fraction of sp³-hybridized carbons (Fsp3) is 0.0769. The van der Waals surface area contributed by atoms with E-state index in [4.69, 9.17) is 5.11 Å². The normalized spacial score (nSPS) is 10.3. The Morgan fingerprint density at radius 3 is 2.62 bits per heavy atom. The number of nitro benzene ring substituents is 1. The quantitative estimate of drug-likeness (QED) is 0.681. The lowest BCUT2D eigenvalue weighted by Gasteiger charge is -2.07. The van der Waals surface area contributed by atoms with Gasteiger partial charge in [-0.25, -0.2) is 9.18 Å². The molecule has 8 heteroatoms. The molecule has 1 N–H and O–H groups in total. The van der Waals surface area contributed by atoms with Crippen molar-refractivity contribution in [3.05, 3.63) is 73.9 Å². The van der Waals surface area contributed by atoms with Crippen molar-refractivity contribution in [3.63, 3.8) is 0 Å². The molecule has 0 radical (unpaired) electrons. The summed E-state index contributed by atoms with van der Waals surface area (Å²) >= 11 is 0. The number of aromatic nitrogens is 1. The molecular formula is C13H9FN2O5. The third-order valence-electron chi connectivity index (χ3n) is 2.82. The summed E-state index contributed by atoms with van der Waals surface area (Å²) < 4.78 is 14.3. The van der Waals surface area contributed by atoms with Crippen molar-refractivity contribution in [2.75, 3.05) is 0 Å². The van der Waals surface area contributed by atoms with Gasteiger partial charge in [-0.05, 0) is 18.2 Å². The molecule has 0 saturated carbocycles. The number of benzene rings is 1. The number of hydrogen-bond acceptors (Lipinski definition) is 4. The van der Waals surface area contributed by atoms with Crippen molar-refractivity contribution in [1.82, 2.24) is 4.57 Å². The van der Waals surface area contributed by atoms with Crippen LogP contribution < -0.4 is 5.56 Å². The van der Waals surface area contributed by atoms with E-state index in [2.05, 4.69) is 0 Å². The van der Waals surface area contributed by atoms with Crippen molar-refractivity contribution in [3.8, 4) is 0 Å². The molecule has 0 amide bonds. The first-order valence-electron chi connectivity index (χ1n) is 5.75. The number of pyridine rings is 1. The molecule has 0 bridgehead atoms. The summed E-state index contributed by atoms with van der Waals surface area (Å²) in [6.45, 7) is -0.229. The van der Waals surface area contributed by atoms with Crippen molar-refractivity contribution in [2.45, 2.75) is 6.54 Å². The number of nitrogens with zero attached hydrogens (tertiary/aromatic N) is 2. The van der Waals surface area contributed by atoms with Crippen molar-refractivity contribution >= 4 is 11.7 Å². The van der Waals surface area contributed by atoms with E-state index >= 15 is 0 Å². The topological polar surface area (TPSA) is 102 Å². The predicted octanol–water partition coefficient (Wildman–Crippen LogP) is 1.64. The van der Waals surface area contributed by atoms with E-state index < -0.39 is 22.3 Å². The smallest absolute Gasteiger partial charge is 0.335 e. The van der Waals surface area contributed by atoms with Gasteiger partial charge in [0.05, 0.1) is 22.6 Å². The minimum Gasteiger partial charge on any atom is -0.478 e. The summed E-state index contributed by atoms with van der Waals surface area (Å²) in [5, 5.41) is 19.6. The van der Waals surface area contributed by atoms with E-state index in [0.717, 1.165) is 28.8 Å². The molecule has 21 heavy (non-hydrogen) atoms. The van der Waals surface area contributed by atoms with Crippen LogP contribution in [0.25, 0.3) is 0 Å². The number of hydrogen-bond donors (Lipinski definition) is 1. The maximum absolute atomic E-state index is 13.2. The van der Waals surface area contributed by atoms with E-state index in [9.17, 15) is 24.1 Å². The molecule has 0 saturated heterocycles. The van der Waals surface area contributed by atoms with Gasteiger partial charge in [-0.2, -0.15) is 0 Å². The molecule has 0 spiro atoms. The zero-order valence-electron chi connectivity index (χ0n) is 10.5. The van der Waals surface area contributed by atoms with Crippen molar-refractivity contribution in [2.24, 2.45) is 0 Å². The molecule has 0 aliphatic carbocycles. The second-order valence-corrected chi connectivity index (χ2v) is 4.22. The van der Waals surface area contributed by atoms with Gasteiger partial charge in [0, 0.05) is 18.3 Å². The summed E-state index contributed by atoms with van der Waals surface area (Å²) in [5.74, 6) is -1.92. The molecule has 0 unspecified atom stereocenters. The van der Waals surface area contributed by atoms with Gasteiger partial charge in [0.15, 0.2) is 0 Å². The Kier molecular flexibility index (Phi) is 3.79. The second-order valence-electron chi connectivity index (χ2n) is 4.22. The van der Waals surface area contributed by atoms with Gasteiger partial charge >= 0.3 is 5.97 Å². The summed E-state index contributed by atoms with van der Waals surface area (Å²) in [4.78, 5) is 32.7. The second kappa shape index (κ2) is 5.53. The van der Waals surface area contributed by atoms with Gasteiger partial charge < -0.3 is 9.67 Å². The van der Waals surface area contributed by atoms with Crippen LogP contribution in [0.2, 0.25) is 0 Å². The van der Waals surface area contributed by atoms with Crippen LogP contribution in [0.5, 0.6) is 0 Å². The zero-order valence-corrected chi connectivity index (χ0v) is 10.5. The van der Waals surface area contributed by atoms with Crippen LogP contribution in [0, 0.1) is 15.9 Å². The fourth-order valence-corrected chi connectivity index (χ4v) is 1.81. The van der Waals surface area contributed by atoms with E-state index in [1.54, 1.807) is 0 Å². The highest BCUT2D eigenvalue weighted by atomic mass is 19.1. The van der Waals surface area contributed by atoms with E-state index in [0.29, 0.717) is 0 Å². The van der Waals surface area contributed by atoms with Crippen LogP contribution in [0.1, 0.15) is 15.9 Å². The zero-order chi connectivity index (χ0) is 15.6. The Hall–Kier alpha value is -3.03. The van der Waals surface area contributed by atoms with Gasteiger partial charge in [0.2, 0.25) is 0 Å². The predicted molar refractivity (Wildman–Crippen MR) is 69.8 cm³/mol. The van der Waals surface area contributed by atoms with Gasteiger partial charge in [0.25, 0.3) is 11.2 Å². The number of nitro groups is 1. The van der Waals surface area contributed by atoms with Crippen LogP contribution >= 0.6 is 0 Å². The number of carboxylic acid groups (broad SMARTS) is 1.